The third-order valence-electron chi connectivity index (χ3n) is 3.78. The third kappa shape index (κ3) is 4.24. The zero-order valence-corrected chi connectivity index (χ0v) is 13.9. The first-order chi connectivity index (χ1) is 12.6. The van der Waals surface area contributed by atoms with Crippen LogP contribution in [-0.4, -0.2) is 16.9 Å². The van der Waals surface area contributed by atoms with Crippen LogP contribution in [0.15, 0.2) is 79.0 Å². The largest absolute Gasteiger partial charge is 0.351 e. The normalized spacial score (nSPS) is 11.4. The molecule has 0 saturated heterocycles. The highest BCUT2D eigenvalue weighted by molar-refractivity contribution is 5.97. The standard InChI is InChI=1S/C20H18N4O2/c21-20(26)23-16-10-6-9-15(13-16)19(25)24-18(14-7-2-1-3-8-14)17-11-4-5-12-22-17/h1-13,18H,(H,24,25)(H3,21,23,26). The molecule has 0 saturated carbocycles. The number of hydrogen-bond acceptors (Lipinski definition) is 3. The summed E-state index contributed by atoms with van der Waals surface area (Å²) in [6.07, 6.45) is 1.69. The highest BCUT2D eigenvalue weighted by atomic mass is 16.2. The van der Waals surface area contributed by atoms with E-state index in [9.17, 15) is 9.59 Å². The number of benzene rings is 2. The summed E-state index contributed by atoms with van der Waals surface area (Å²) in [5.74, 6) is -0.280. The molecule has 0 aliphatic heterocycles. The fraction of sp³-hybridized carbons (Fsp3) is 0.0500. The van der Waals surface area contributed by atoms with Crippen LogP contribution in [0.2, 0.25) is 0 Å². The number of nitrogens with two attached hydrogens (primary N) is 1. The second-order valence-corrected chi connectivity index (χ2v) is 5.64. The van der Waals surface area contributed by atoms with Crippen LogP contribution in [0.1, 0.15) is 27.7 Å². The Labute approximate surface area is 151 Å². The lowest BCUT2D eigenvalue weighted by Gasteiger charge is -2.19. The van der Waals surface area contributed by atoms with E-state index >= 15 is 0 Å². The van der Waals surface area contributed by atoms with Crippen molar-refractivity contribution in [2.75, 3.05) is 5.32 Å². The summed E-state index contributed by atoms with van der Waals surface area (Å²) in [6, 6.07) is 20.7. The number of primary amides is 1. The van der Waals surface area contributed by atoms with Crippen molar-refractivity contribution < 1.29 is 9.59 Å². The number of aromatic nitrogens is 1. The van der Waals surface area contributed by atoms with Gasteiger partial charge in [-0.25, -0.2) is 4.79 Å². The smallest absolute Gasteiger partial charge is 0.316 e. The summed E-state index contributed by atoms with van der Waals surface area (Å²) >= 11 is 0. The molecule has 1 heterocycles. The van der Waals surface area contributed by atoms with Crippen molar-refractivity contribution in [1.29, 1.82) is 0 Å². The number of anilines is 1. The zero-order chi connectivity index (χ0) is 18.4. The van der Waals surface area contributed by atoms with E-state index in [2.05, 4.69) is 15.6 Å². The number of carbonyl (C=O) groups excluding carboxylic acids is 2. The highest BCUT2D eigenvalue weighted by Crippen LogP contribution is 2.21. The maximum atomic E-state index is 12.8. The Morgan fingerprint density at radius 1 is 0.923 bits per heavy atom. The fourth-order valence-corrected chi connectivity index (χ4v) is 2.62. The lowest BCUT2D eigenvalue weighted by Crippen LogP contribution is -2.30. The molecule has 3 aromatic rings. The van der Waals surface area contributed by atoms with Crippen molar-refractivity contribution in [3.8, 4) is 0 Å². The molecule has 0 bridgehead atoms. The van der Waals surface area contributed by atoms with Crippen LogP contribution in [0.25, 0.3) is 0 Å². The summed E-state index contributed by atoms with van der Waals surface area (Å²) in [7, 11) is 0. The average molecular weight is 346 g/mol. The summed E-state index contributed by atoms with van der Waals surface area (Å²) in [4.78, 5) is 28.1. The van der Waals surface area contributed by atoms with Gasteiger partial charge in [-0.05, 0) is 35.9 Å². The van der Waals surface area contributed by atoms with Gasteiger partial charge < -0.3 is 16.4 Å². The Kier molecular flexibility index (Phi) is 5.24. The van der Waals surface area contributed by atoms with Gasteiger partial charge in [-0.3, -0.25) is 9.78 Å². The molecule has 6 heteroatoms. The first-order valence-corrected chi connectivity index (χ1v) is 8.07. The van der Waals surface area contributed by atoms with Crippen molar-refractivity contribution in [3.63, 3.8) is 0 Å². The van der Waals surface area contributed by atoms with Crippen molar-refractivity contribution in [2.24, 2.45) is 5.73 Å². The third-order valence-corrected chi connectivity index (χ3v) is 3.78. The van der Waals surface area contributed by atoms with Gasteiger partial charge >= 0.3 is 6.03 Å². The Morgan fingerprint density at radius 2 is 1.69 bits per heavy atom. The fourth-order valence-electron chi connectivity index (χ4n) is 2.62. The molecule has 0 fully saturated rings. The monoisotopic (exact) mass is 346 g/mol. The molecule has 1 atom stereocenters. The number of carbonyl (C=O) groups is 2. The molecule has 26 heavy (non-hydrogen) atoms. The Bertz CT molecular complexity index is 858. The van der Waals surface area contributed by atoms with Gasteiger partial charge in [0.1, 0.15) is 0 Å². The number of nitrogens with zero attached hydrogens (tertiary/aromatic N) is 1. The molecule has 2 aromatic carbocycles. The van der Waals surface area contributed by atoms with Crippen molar-refractivity contribution >= 4 is 17.6 Å². The molecule has 4 N–H and O–H groups in total. The Balaban J connectivity index is 1.88. The topological polar surface area (TPSA) is 97.1 Å². The van der Waals surface area contributed by atoms with Gasteiger partial charge in [-0.1, -0.05) is 42.5 Å². The lowest BCUT2D eigenvalue weighted by molar-refractivity contribution is 0.0942. The molecule has 0 radical (unpaired) electrons. The molecule has 6 nitrogen and oxygen atoms in total. The van der Waals surface area contributed by atoms with Crippen LogP contribution in [0.5, 0.6) is 0 Å². The molecule has 0 spiro atoms. The number of nitrogens with one attached hydrogen (secondary N) is 2. The van der Waals surface area contributed by atoms with Crippen LogP contribution in [-0.2, 0) is 0 Å². The average Bonchev–Trinajstić information content (AvgIpc) is 2.67. The molecular weight excluding hydrogens is 328 g/mol. The van der Waals surface area contributed by atoms with Gasteiger partial charge in [0.05, 0.1) is 11.7 Å². The summed E-state index contributed by atoms with van der Waals surface area (Å²) in [5, 5.41) is 5.46. The molecule has 3 amide bonds. The second kappa shape index (κ2) is 7.94. The summed E-state index contributed by atoms with van der Waals surface area (Å²) < 4.78 is 0. The number of rotatable bonds is 5. The maximum Gasteiger partial charge on any atom is 0.316 e. The summed E-state index contributed by atoms with van der Waals surface area (Å²) in [5.41, 5.74) is 7.65. The minimum atomic E-state index is -0.682. The van der Waals surface area contributed by atoms with Crippen LogP contribution in [0.3, 0.4) is 0 Å². The van der Waals surface area contributed by atoms with Gasteiger partial charge in [-0.15, -0.1) is 0 Å². The number of hydrogen-bond donors (Lipinski definition) is 3. The minimum absolute atomic E-state index is 0.280. The predicted octanol–water partition coefficient (Wildman–Crippen LogP) is 3.09. The van der Waals surface area contributed by atoms with Gasteiger partial charge in [0.15, 0.2) is 0 Å². The SMILES string of the molecule is NC(=O)Nc1cccc(C(=O)NC(c2ccccc2)c2ccccn2)c1. The molecule has 1 aromatic heterocycles. The van der Waals surface area contributed by atoms with Crippen molar-refractivity contribution in [3.05, 3.63) is 95.8 Å². The molecule has 0 aliphatic rings. The highest BCUT2D eigenvalue weighted by Gasteiger charge is 2.19. The zero-order valence-electron chi connectivity index (χ0n) is 13.9. The van der Waals surface area contributed by atoms with Crippen LogP contribution in [0, 0.1) is 0 Å². The number of urea groups is 1. The molecule has 1 unspecified atom stereocenters. The number of amides is 3. The first-order valence-electron chi connectivity index (χ1n) is 8.07. The number of pyridine rings is 1. The van der Waals surface area contributed by atoms with Crippen LogP contribution >= 0.6 is 0 Å². The molecule has 130 valence electrons. The van der Waals surface area contributed by atoms with Gasteiger partial charge in [0.2, 0.25) is 0 Å². The molecular formula is C20H18N4O2. The van der Waals surface area contributed by atoms with E-state index < -0.39 is 12.1 Å². The summed E-state index contributed by atoms with van der Waals surface area (Å²) in [6.45, 7) is 0. The lowest BCUT2D eigenvalue weighted by atomic mass is 10.0. The van der Waals surface area contributed by atoms with Crippen LogP contribution in [0.4, 0.5) is 10.5 Å². The van der Waals surface area contributed by atoms with E-state index in [1.165, 1.54) is 0 Å². The second-order valence-electron chi connectivity index (χ2n) is 5.64. The van der Waals surface area contributed by atoms with Gasteiger partial charge in [0.25, 0.3) is 5.91 Å². The Morgan fingerprint density at radius 3 is 2.38 bits per heavy atom. The molecule has 3 rings (SSSR count). The van der Waals surface area contributed by atoms with E-state index in [0.717, 1.165) is 11.3 Å². The van der Waals surface area contributed by atoms with Crippen LogP contribution < -0.4 is 16.4 Å². The van der Waals surface area contributed by atoms with Gasteiger partial charge in [-0.2, -0.15) is 0 Å². The van der Waals surface area contributed by atoms with E-state index in [1.807, 2.05) is 48.5 Å². The van der Waals surface area contributed by atoms with Gasteiger partial charge in [0, 0.05) is 17.4 Å². The minimum Gasteiger partial charge on any atom is -0.351 e. The first kappa shape index (κ1) is 17.2. The van der Waals surface area contributed by atoms with Crippen molar-refractivity contribution in [1.82, 2.24) is 10.3 Å². The van der Waals surface area contributed by atoms with Crippen molar-refractivity contribution in [2.45, 2.75) is 6.04 Å². The molecule has 0 aliphatic carbocycles. The quantitative estimate of drug-likeness (QED) is 0.662. The Hall–Kier alpha value is -3.67. The predicted molar refractivity (Wildman–Crippen MR) is 99.6 cm³/mol. The van der Waals surface area contributed by atoms with E-state index in [4.69, 9.17) is 5.73 Å². The maximum absolute atomic E-state index is 12.8. The van der Waals surface area contributed by atoms with E-state index in [1.54, 1.807) is 30.5 Å². The van der Waals surface area contributed by atoms with E-state index in [0.29, 0.717) is 11.3 Å². The van der Waals surface area contributed by atoms with E-state index in [-0.39, 0.29) is 5.91 Å².